The molecule has 0 fully saturated rings. The zero-order valence-corrected chi connectivity index (χ0v) is 17.7. The van der Waals surface area contributed by atoms with E-state index >= 15 is 0 Å². The maximum absolute atomic E-state index is 12.6. The number of aryl methyl sites for hydroxylation is 2. The number of nitrogens with two attached hydrogens (primary N) is 1. The van der Waals surface area contributed by atoms with Gasteiger partial charge in [-0.05, 0) is 31.5 Å². The fourth-order valence-electron chi connectivity index (χ4n) is 3.31. The molecule has 0 unspecified atom stereocenters. The molecule has 0 aliphatic carbocycles. The number of aromatic nitrogens is 6. The van der Waals surface area contributed by atoms with E-state index in [1.54, 1.807) is 21.4 Å². The topological polar surface area (TPSA) is 152 Å². The standard InChI is InChI=1S/C21H22N10O/c1-3-31-16(8-13(2)29-31)26-17(32)11-30-12-25-18-19(27-21(23)28-20(18)30)24-10-15-6-4-14(9-22)5-7-15/h4-8,12H,3,10-11H2,1-2H3,(H,26,32)(H3,23,24,27,28). The largest absolute Gasteiger partial charge is 0.368 e. The van der Waals surface area contributed by atoms with E-state index in [9.17, 15) is 4.79 Å². The Morgan fingerprint density at radius 1 is 1.25 bits per heavy atom. The van der Waals surface area contributed by atoms with E-state index in [0.717, 1.165) is 11.3 Å². The predicted molar refractivity (Wildman–Crippen MR) is 119 cm³/mol. The van der Waals surface area contributed by atoms with Crippen LogP contribution in [-0.4, -0.2) is 35.2 Å². The lowest BCUT2D eigenvalue weighted by molar-refractivity contribution is -0.116. The molecule has 0 spiro atoms. The molecule has 0 saturated heterocycles. The maximum atomic E-state index is 12.6. The van der Waals surface area contributed by atoms with Gasteiger partial charge < -0.3 is 20.9 Å². The SMILES string of the molecule is CCn1nc(C)cc1NC(=O)Cn1cnc2c(NCc3ccc(C#N)cc3)nc(N)nc21. The number of hydrogen-bond acceptors (Lipinski definition) is 8. The lowest BCUT2D eigenvalue weighted by Crippen LogP contribution is -2.20. The van der Waals surface area contributed by atoms with Crippen molar-refractivity contribution in [2.75, 3.05) is 16.4 Å². The third kappa shape index (κ3) is 4.34. The minimum atomic E-state index is -0.233. The smallest absolute Gasteiger partial charge is 0.245 e. The number of carbonyl (C=O) groups is 1. The van der Waals surface area contributed by atoms with Crippen LogP contribution >= 0.6 is 0 Å². The van der Waals surface area contributed by atoms with Crippen LogP contribution < -0.4 is 16.4 Å². The van der Waals surface area contributed by atoms with Crippen LogP contribution in [0.1, 0.15) is 23.7 Å². The van der Waals surface area contributed by atoms with Gasteiger partial charge in [-0.25, -0.2) is 9.67 Å². The van der Waals surface area contributed by atoms with Gasteiger partial charge in [-0.1, -0.05) is 12.1 Å². The molecule has 3 aromatic heterocycles. The monoisotopic (exact) mass is 430 g/mol. The van der Waals surface area contributed by atoms with Gasteiger partial charge in [0.15, 0.2) is 17.0 Å². The van der Waals surface area contributed by atoms with Crippen LogP contribution in [0.15, 0.2) is 36.7 Å². The minimum absolute atomic E-state index is 0.00988. The van der Waals surface area contributed by atoms with E-state index in [1.807, 2.05) is 32.0 Å². The number of benzene rings is 1. The Kier molecular flexibility index (Phi) is 5.67. The summed E-state index contributed by atoms with van der Waals surface area (Å²) in [6.45, 7) is 4.95. The number of rotatable bonds is 7. The maximum Gasteiger partial charge on any atom is 0.245 e. The number of hydrogen-bond donors (Lipinski definition) is 3. The highest BCUT2D eigenvalue weighted by Crippen LogP contribution is 2.21. The molecule has 0 bridgehead atoms. The number of imidazole rings is 1. The number of nitrogens with one attached hydrogen (secondary N) is 2. The molecule has 11 heteroatoms. The quantitative estimate of drug-likeness (QED) is 0.403. The molecule has 32 heavy (non-hydrogen) atoms. The Morgan fingerprint density at radius 3 is 2.75 bits per heavy atom. The van der Waals surface area contributed by atoms with E-state index in [0.29, 0.717) is 41.5 Å². The summed E-state index contributed by atoms with van der Waals surface area (Å²) >= 11 is 0. The van der Waals surface area contributed by atoms with Gasteiger partial charge in [0.25, 0.3) is 0 Å². The van der Waals surface area contributed by atoms with Crippen LogP contribution in [0.3, 0.4) is 0 Å². The normalized spacial score (nSPS) is 10.8. The van der Waals surface area contributed by atoms with Crippen LogP contribution in [0.2, 0.25) is 0 Å². The molecule has 0 aliphatic rings. The number of fused-ring (bicyclic) bond motifs is 1. The van der Waals surface area contributed by atoms with E-state index in [1.165, 1.54) is 6.33 Å². The number of anilines is 3. The van der Waals surface area contributed by atoms with Gasteiger partial charge in [-0.2, -0.15) is 20.3 Å². The third-order valence-corrected chi connectivity index (χ3v) is 4.81. The fourth-order valence-corrected chi connectivity index (χ4v) is 3.31. The Morgan fingerprint density at radius 2 is 2.03 bits per heavy atom. The summed E-state index contributed by atoms with van der Waals surface area (Å²) < 4.78 is 3.35. The van der Waals surface area contributed by atoms with E-state index in [-0.39, 0.29) is 18.4 Å². The second kappa shape index (κ2) is 8.73. The fraction of sp³-hybridized carbons (Fsp3) is 0.238. The van der Waals surface area contributed by atoms with Gasteiger partial charge in [0, 0.05) is 19.2 Å². The zero-order valence-electron chi connectivity index (χ0n) is 17.7. The minimum Gasteiger partial charge on any atom is -0.368 e. The highest BCUT2D eigenvalue weighted by molar-refractivity contribution is 5.91. The summed E-state index contributed by atoms with van der Waals surface area (Å²) in [6, 6.07) is 11.1. The first-order valence-electron chi connectivity index (χ1n) is 10.0. The lowest BCUT2D eigenvalue weighted by Gasteiger charge is -2.09. The number of nitriles is 1. The second-order valence-corrected chi connectivity index (χ2v) is 7.17. The van der Waals surface area contributed by atoms with E-state index < -0.39 is 0 Å². The molecule has 4 aromatic rings. The van der Waals surface area contributed by atoms with E-state index in [2.05, 4.69) is 36.8 Å². The molecule has 11 nitrogen and oxygen atoms in total. The molecule has 1 amide bonds. The van der Waals surface area contributed by atoms with Crippen molar-refractivity contribution >= 4 is 34.7 Å². The molecular formula is C21H22N10O. The van der Waals surface area contributed by atoms with Crippen molar-refractivity contribution in [3.05, 3.63) is 53.5 Å². The van der Waals surface area contributed by atoms with Crippen molar-refractivity contribution in [2.24, 2.45) is 0 Å². The van der Waals surface area contributed by atoms with Crippen LogP contribution in [0.25, 0.3) is 11.2 Å². The molecule has 0 aliphatic heterocycles. The average Bonchev–Trinajstić information content (AvgIpc) is 3.34. The zero-order chi connectivity index (χ0) is 22.7. The average molecular weight is 430 g/mol. The molecule has 0 atom stereocenters. The number of amides is 1. The number of nitrogen functional groups attached to an aromatic ring is 1. The first-order valence-corrected chi connectivity index (χ1v) is 10.0. The van der Waals surface area contributed by atoms with Crippen LogP contribution in [0.4, 0.5) is 17.6 Å². The highest BCUT2D eigenvalue weighted by Gasteiger charge is 2.15. The molecule has 4 N–H and O–H groups in total. The van der Waals surface area contributed by atoms with Crippen LogP contribution in [-0.2, 0) is 24.4 Å². The summed E-state index contributed by atoms with van der Waals surface area (Å²) in [5, 5.41) is 19.3. The van der Waals surface area contributed by atoms with Crippen LogP contribution in [0, 0.1) is 18.3 Å². The van der Waals surface area contributed by atoms with Crippen molar-refractivity contribution in [1.29, 1.82) is 5.26 Å². The van der Waals surface area contributed by atoms with E-state index in [4.69, 9.17) is 11.0 Å². The lowest BCUT2D eigenvalue weighted by atomic mass is 10.1. The Hall–Kier alpha value is -4.46. The first kappa shape index (κ1) is 20.8. The van der Waals surface area contributed by atoms with Crippen molar-refractivity contribution in [2.45, 2.75) is 33.5 Å². The van der Waals surface area contributed by atoms with Crippen LogP contribution in [0.5, 0.6) is 0 Å². The van der Waals surface area contributed by atoms with Gasteiger partial charge >= 0.3 is 0 Å². The van der Waals surface area contributed by atoms with Crippen molar-refractivity contribution in [3.8, 4) is 6.07 Å². The molecule has 0 saturated carbocycles. The molecule has 0 radical (unpaired) electrons. The highest BCUT2D eigenvalue weighted by atomic mass is 16.2. The summed E-state index contributed by atoms with van der Waals surface area (Å²) in [4.78, 5) is 25.5. The molecule has 162 valence electrons. The summed E-state index contributed by atoms with van der Waals surface area (Å²) in [5.74, 6) is 0.943. The predicted octanol–water partition coefficient (Wildman–Crippen LogP) is 2.06. The van der Waals surface area contributed by atoms with Gasteiger partial charge in [0.05, 0.1) is 23.7 Å². The molecule has 3 heterocycles. The molecule has 1 aromatic carbocycles. The number of nitrogens with zero attached hydrogens (tertiary/aromatic N) is 7. The van der Waals surface area contributed by atoms with Gasteiger partial charge in [-0.15, -0.1) is 0 Å². The van der Waals surface area contributed by atoms with Gasteiger partial charge in [0.1, 0.15) is 12.4 Å². The summed E-state index contributed by atoms with van der Waals surface area (Å²) in [6.07, 6.45) is 1.54. The summed E-state index contributed by atoms with van der Waals surface area (Å²) in [5.41, 5.74) is 9.26. The van der Waals surface area contributed by atoms with Crippen molar-refractivity contribution in [3.63, 3.8) is 0 Å². The van der Waals surface area contributed by atoms with Crippen molar-refractivity contribution < 1.29 is 4.79 Å². The number of carbonyl (C=O) groups excluding carboxylic acids is 1. The van der Waals surface area contributed by atoms with Gasteiger partial charge in [-0.3, -0.25) is 4.79 Å². The molecule has 4 rings (SSSR count). The summed E-state index contributed by atoms with van der Waals surface area (Å²) in [7, 11) is 0. The third-order valence-electron chi connectivity index (χ3n) is 4.81. The Balaban J connectivity index is 1.52. The molecular weight excluding hydrogens is 408 g/mol. The Bertz CT molecular complexity index is 1310. The van der Waals surface area contributed by atoms with Gasteiger partial charge in [0.2, 0.25) is 11.9 Å². The first-order chi connectivity index (χ1) is 15.5. The Labute approximate surface area is 183 Å². The van der Waals surface area contributed by atoms with Crippen molar-refractivity contribution in [1.82, 2.24) is 29.3 Å². The second-order valence-electron chi connectivity index (χ2n) is 7.17.